The summed E-state index contributed by atoms with van der Waals surface area (Å²) in [7, 11) is 0. The molecule has 1 aromatic heterocycles. The zero-order valence-corrected chi connectivity index (χ0v) is 13.0. The second-order valence-electron chi connectivity index (χ2n) is 5.80. The summed E-state index contributed by atoms with van der Waals surface area (Å²) in [4.78, 5) is 16.9. The zero-order valence-electron chi connectivity index (χ0n) is 13.0. The van der Waals surface area contributed by atoms with Gasteiger partial charge >= 0.3 is 0 Å². The molecule has 0 saturated carbocycles. The number of hydrogen-bond donors (Lipinski definition) is 1. The largest absolute Gasteiger partial charge is 0.354 e. The molecular weight excluding hydrogens is 250 g/mol. The molecule has 112 valence electrons. The Labute approximate surface area is 122 Å². The van der Waals surface area contributed by atoms with Crippen LogP contribution in [0.5, 0.6) is 0 Å². The highest BCUT2D eigenvalue weighted by molar-refractivity contribution is 5.80. The fourth-order valence-corrected chi connectivity index (χ4v) is 3.06. The predicted molar refractivity (Wildman–Crippen MR) is 80.9 cm³/mol. The second kappa shape index (κ2) is 6.91. The molecule has 4 nitrogen and oxygen atoms in total. The van der Waals surface area contributed by atoms with Gasteiger partial charge in [0.1, 0.15) is 11.9 Å². The third-order valence-corrected chi connectivity index (χ3v) is 4.19. The van der Waals surface area contributed by atoms with Gasteiger partial charge in [0.05, 0.1) is 5.69 Å². The summed E-state index contributed by atoms with van der Waals surface area (Å²) in [6, 6.07) is -0.147. The van der Waals surface area contributed by atoms with E-state index in [4.69, 9.17) is 0 Å². The molecule has 4 heteroatoms. The fraction of sp³-hybridized carbons (Fsp3) is 0.750. The van der Waals surface area contributed by atoms with Crippen LogP contribution in [-0.4, -0.2) is 22.0 Å². The number of nitrogens with one attached hydrogen (secondary N) is 1. The molecule has 1 atom stereocenters. The topological polar surface area (TPSA) is 46.9 Å². The molecule has 1 amide bonds. The fourth-order valence-electron chi connectivity index (χ4n) is 3.06. The lowest BCUT2D eigenvalue weighted by molar-refractivity contribution is -0.123. The summed E-state index contributed by atoms with van der Waals surface area (Å²) in [6.45, 7) is 6.95. The maximum Gasteiger partial charge on any atom is 0.242 e. The van der Waals surface area contributed by atoms with Crippen LogP contribution < -0.4 is 5.32 Å². The Morgan fingerprint density at radius 3 is 2.85 bits per heavy atom. The highest BCUT2D eigenvalue weighted by Crippen LogP contribution is 2.25. The number of aromatic nitrogens is 2. The molecule has 0 fully saturated rings. The molecule has 0 aromatic carbocycles. The number of imidazole rings is 1. The number of nitrogens with zero attached hydrogens (tertiary/aromatic N) is 2. The van der Waals surface area contributed by atoms with Crippen LogP contribution in [0.15, 0.2) is 0 Å². The van der Waals surface area contributed by atoms with Crippen molar-refractivity contribution in [2.24, 2.45) is 0 Å². The Kier molecular flexibility index (Phi) is 5.21. The van der Waals surface area contributed by atoms with Crippen LogP contribution in [0.2, 0.25) is 0 Å². The minimum absolute atomic E-state index is 0.120. The maximum absolute atomic E-state index is 12.3. The lowest BCUT2D eigenvalue weighted by Gasteiger charge is -2.20. The minimum Gasteiger partial charge on any atom is -0.354 e. The molecule has 2 rings (SSSR count). The van der Waals surface area contributed by atoms with Crippen molar-refractivity contribution >= 4 is 5.91 Å². The summed E-state index contributed by atoms with van der Waals surface area (Å²) in [5.74, 6) is 1.10. The molecule has 20 heavy (non-hydrogen) atoms. The summed E-state index contributed by atoms with van der Waals surface area (Å²) in [5, 5.41) is 3.05. The van der Waals surface area contributed by atoms with Gasteiger partial charge in [-0.3, -0.25) is 4.79 Å². The number of carbonyl (C=O) groups is 1. The minimum atomic E-state index is -0.147. The smallest absolute Gasteiger partial charge is 0.242 e. The number of aryl methyl sites for hydroxylation is 2. The average molecular weight is 277 g/mol. The maximum atomic E-state index is 12.3. The van der Waals surface area contributed by atoms with Gasteiger partial charge < -0.3 is 9.88 Å². The van der Waals surface area contributed by atoms with E-state index in [0.29, 0.717) is 0 Å². The molecule has 1 heterocycles. The van der Waals surface area contributed by atoms with E-state index < -0.39 is 0 Å². The van der Waals surface area contributed by atoms with Crippen molar-refractivity contribution in [2.45, 2.75) is 71.8 Å². The van der Waals surface area contributed by atoms with Crippen molar-refractivity contribution in [3.8, 4) is 0 Å². The predicted octanol–water partition coefficient (Wildman–Crippen LogP) is 2.94. The molecule has 1 N–H and O–H groups in total. The van der Waals surface area contributed by atoms with Crippen molar-refractivity contribution in [1.29, 1.82) is 0 Å². The lowest BCUT2D eigenvalue weighted by Crippen LogP contribution is -2.33. The van der Waals surface area contributed by atoms with Crippen molar-refractivity contribution < 1.29 is 4.79 Å². The van der Waals surface area contributed by atoms with Crippen LogP contribution in [0.4, 0.5) is 0 Å². The van der Waals surface area contributed by atoms with E-state index in [1.165, 1.54) is 37.1 Å². The number of amides is 1. The monoisotopic (exact) mass is 277 g/mol. The molecule has 0 saturated heterocycles. The SMILES string of the molecule is CCCCCNC(=O)C(C)n1c(C)nc2c1CCCC2. The van der Waals surface area contributed by atoms with Crippen LogP contribution in [0.25, 0.3) is 0 Å². The summed E-state index contributed by atoms with van der Waals surface area (Å²) < 4.78 is 2.14. The Balaban J connectivity index is 2.03. The van der Waals surface area contributed by atoms with E-state index in [2.05, 4.69) is 21.8 Å². The molecule has 0 spiro atoms. The number of fused-ring (bicyclic) bond motifs is 1. The Morgan fingerprint density at radius 2 is 2.10 bits per heavy atom. The average Bonchev–Trinajstić information content (AvgIpc) is 2.78. The third-order valence-electron chi connectivity index (χ3n) is 4.19. The first-order valence-corrected chi connectivity index (χ1v) is 7.99. The Morgan fingerprint density at radius 1 is 1.35 bits per heavy atom. The quantitative estimate of drug-likeness (QED) is 0.813. The summed E-state index contributed by atoms with van der Waals surface area (Å²) >= 11 is 0. The van der Waals surface area contributed by atoms with E-state index in [1.54, 1.807) is 0 Å². The third kappa shape index (κ3) is 3.22. The van der Waals surface area contributed by atoms with E-state index in [9.17, 15) is 4.79 Å². The van der Waals surface area contributed by atoms with Crippen molar-refractivity contribution in [1.82, 2.24) is 14.9 Å². The molecule has 1 aliphatic rings. The molecule has 1 aromatic rings. The molecule has 1 aliphatic carbocycles. The van der Waals surface area contributed by atoms with Gasteiger partial charge in [0.2, 0.25) is 5.91 Å². The van der Waals surface area contributed by atoms with Gasteiger partial charge in [0.25, 0.3) is 0 Å². The van der Waals surface area contributed by atoms with Crippen molar-refractivity contribution in [3.63, 3.8) is 0 Å². The molecule has 1 unspecified atom stereocenters. The molecule has 0 aliphatic heterocycles. The number of hydrogen-bond acceptors (Lipinski definition) is 2. The van der Waals surface area contributed by atoms with E-state index >= 15 is 0 Å². The summed E-state index contributed by atoms with van der Waals surface area (Å²) in [5.41, 5.74) is 2.49. The van der Waals surface area contributed by atoms with E-state index in [-0.39, 0.29) is 11.9 Å². The highest BCUT2D eigenvalue weighted by Gasteiger charge is 2.24. The zero-order chi connectivity index (χ0) is 14.5. The van der Waals surface area contributed by atoms with Gasteiger partial charge in [-0.25, -0.2) is 4.98 Å². The van der Waals surface area contributed by atoms with Crippen molar-refractivity contribution in [2.75, 3.05) is 6.54 Å². The number of carbonyl (C=O) groups excluding carboxylic acids is 1. The molecule has 0 radical (unpaired) electrons. The van der Waals surface area contributed by atoms with Gasteiger partial charge in [-0.1, -0.05) is 19.8 Å². The first-order chi connectivity index (χ1) is 9.65. The Hall–Kier alpha value is -1.32. The second-order valence-corrected chi connectivity index (χ2v) is 5.80. The molecular formula is C16H27N3O. The van der Waals surface area contributed by atoms with Crippen molar-refractivity contribution in [3.05, 3.63) is 17.2 Å². The first kappa shape index (κ1) is 15.1. The number of unbranched alkanes of at least 4 members (excludes halogenated alkanes) is 2. The molecule has 0 bridgehead atoms. The van der Waals surface area contributed by atoms with Crippen LogP contribution in [0.3, 0.4) is 0 Å². The lowest BCUT2D eigenvalue weighted by atomic mass is 10.0. The van der Waals surface area contributed by atoms with Crippen LogP contribution >= 0.6 is 0 Å². The van der Waals surface area contributed by atoms with Gasteiger partial charge in [-0.05, 0) is 46.0 Å². The van der Waals surface area contributed by atoms with E-state index in [0.717, 1.165) is 31.6 Å². The van der Waals surface area contributed by atoms with Crippen LogP contribution in [-0.2, 0) is 17.6 Å². The van der Waals surface area contributed by atoms with Gasteiger partial charge in [0, 0.05) is 12.2 Å². The van der Waals surface area contributed by atoms with Crippen LogP contribution in [0.1, 0.15) is 69.2 Å². The standard InChI is InChI=1S/C16H27N3O/c1-4-5-8-11-17-16(20)12(2)19-13(3)18-14-9-6-7-10-15(14)19/h12H,4-11H2,1-3H3,(H,17,20). The summed E-state index contributed by atoms with van der Waals surface area (Å²) in [6.07, 6.45) is 7.98. The van der Waals surface area contributed by atoms with Gasteiger partial charge in [-0.15, -0.1) is 0 Å². The van der Waals surface area contributed by atoms with Gasteiger partial charge in [-0.2, -0.15) is 0 Å². The first-order valence-electron chi connectivity index (χ1n) is 7.99. The number of rotatable bonds is 6. The Bertz CT molecular complexity index is 465. The highest BCUT2D eigenvalue weighted by atomic mass is 16.2. The van der Waals surface area contributed by atoms with Gasteiger partial charge in [0.15, 0.2) is 0 Å². The van der Waals surface area contributed by atoms with Crippen LogP contribution in [0, 0.1) is 6.92 Å². The normalized spacial score (nSPS) is 15.8. The van der Waals surface area contributed by atoms with E-state index in [1.807, 2.05) is 13.8 Å².